The van der Waals surface area contributed by atoms with Crippen molar-refractivity contribution in [2.45, 2.75) is 6.54 Å². The molecule has 9 heteroatoms. The largest absolute Gasteiger partial charge is 0.497 e. The Morgan fingerprint density at radius 1 is 1.20 bits per heavy atom. The lowest BCUT2D eigenvalue weighted by Gasteiger charge is -2.09. The summed E-state index contributed by atoms with van der Waals surface area (Å²) in [5, 5.41) is 13.2. The van der Waals surface area contributed by atoms with Crippen LogP contribution in [0.2, 0.25) is 5.02 Å². The monoisotopic (exact) mass is 359 g/mol. The first kappa shape index (κ1) is 16.7. The van der Waals surface area contributed by atoms with Crippen LogP contribution in [0.3, 0.4) is 0 Å². The molecule has 0 saturated carbocycles. The van der Waals surface area contributed by atoms with E-state index in [1.54, 1.807) is 28.8 Å². The number of nitrogens with zero attached hydrogens (tertiary/aromatic N) is 3. The number of hydrogen-bond donors (Lipinski definition) is 2. The number of nitrogens with one attached hydrogen (secondary N) is 2. The van der Waals surface area contributed by atoms with Gasteiger partial charge < -0.3 is 15.4 Å². The topological polar surface area (TPSA) is 97.6 Å². The molecule has 0 radical (unpaired) electrons. The molecule has 2 aromatic heterocycles. The Hall–Kier alpha value is -3.13. The Bertz CT molecular complexity index is 940. The summed E-state index contributed by atoms with van der Waals surface area (Å²) < 4.78 is 6.78. The minimum Gasteiger partial charge on any atom is -0.497 e. The van der Waals surface area contributed by atoms with E-state index in [4.69, 9.17) is 16.3 Å². The lowest BCUT2D eigenvalue weighted by Crippen LogP contribution is -2.35. The maximum Gasteiger partial charge on any atom is 0.313 e. The number of halogens is 1. The molecule has 8 nitrogen and oxygen atoms in total. The molecule has 0 saturated heterocycles. The number of methoxy groups -OCH3 is 1. The van der Waals surface area contributed by atoms with Gasteiger partial charge in [-0.15, -0.1) is 10.2 Å². The molecule has 0 atom stereocenters. The molecular formula is C16H14ClN5O3. The molecule has 3 aromatic rings. The molecule has 3 rings (SSSR count). The molecule has 2 amide bonds. The Morgan fingerprint density at radius 3 is 2.84 bits per heavy atom. The van der Waals surface area contributed by atoms with Crippen molar-refractivity contribution in [2.24, 2.45) is 0 Å². The van der Waals surface area contributed by atoms with Gasteiger partial charge in [-0.3, -0.25) is 14.0 Å². The van der Waals surface area contributed by atoms with E-state index in [1.807, 2.05) is 12.1 Å². The number of benzene rings is 1. The van der Waals surface area contributed by atoms with Gasteiger partial charge in [-0.2, -0.15) is 0 Å². The van der Waals surface area contributed by atoms with Crippen molar-refractivity contribution < 1.29 is 14.3 Å². The Balaban J connectivity index is 1.64. The number of pyridine rings is 1. The van der Waals surface area contributed by atoms with Crippen LogP contribution in [0.1, 0.15) is 5.82 Å². The number of hydrogen-bond acceptors (Lipinski definition) is 5. The number of fused-ring (bicyclic) bond motifs is 1. The van der Waals surface area contributed by atoms with Crippen molar-refractivity contribution in [1.29, 1.82) is 0 Å². The molecule has 2 N–H and O–H groups in total. The molecular weight excluding hydrogens is 346 g/mol. The number of carbonyl (C=O) groups is 2. The third-order valence-electron chi connectivity index (χ3n) is 3.42. The molecule has 1 aromatic carbocycles. The standard InChI is InChI=1S/C16H14ClN5O3/c1-25-10-5-6-11(17)12(8-10)19-16(24)15(23)18-9-14-21-20-13-4-2-3-7-22(13)14/h2-8H,9H2,1H3,(H,18,23)(H,19,24). The second kappa shape index (κ2) is 7.18. The molecule has 0 spiro atoms. The molecule has 2 heterocycles. The van der Waals surface area contributed by atoms with Gasteiger partial charge in [-0.25, -0.2) is 0 Å². The van der Waals surface area contributed by atoms with Gasteiger partial charge in [0.05, 0.1) is 24.4 Å². The van der Waals surface area contributed by atoms with Gasteiger partial charge in [0.15, 0.2) is 11.5 Å². The number of anilines is 1. The van der Waals surface area contributed by atoms with Crippen LogP contribution in [-0.2, 0) is 16.1 Å². The summed E-state index contributed by atoms with van der Waals surface area (Å²) in [5.41, 5.74) is 0.938. The van der Waals surface area contributed by atoms with Gasteiger partial charge in [0.2, 0.25) is 0 Å². The fraction of sp³-hybridized carbons (Fsp3) is 0.125. The van der Waals surface area contributed by atoms with Crippen molar-refractivity contribution in [1.82, 2.24) is 19.9 Å². The summed E-state index contributed by atoms with van der Waals surface area (Å²) in [6.45, 7) is 0.0588. The van der Waals surface area contributed by atoms with Crippen LogP contribution in [-0.4, -0.2) is 33.5 Å². The first-order valence-electron chi connectivity index (χ1n) is 7.30. The maximum absolute atomic E-state index is 12.0. The molecule has 0 unspecified atom stereocenters. The van der Waals surface area contributed by atoms with Crippen molar-refractivity contribution >= 4 is 34.7 Å². The number of ether oxygens (including phenoxy) is 1. The zero-order valence-corrected chi connectivity index (χ0v) is 13.9. The van der Waals surface area contributed by atoms with Crippen LogP contribution in [0, 0.1) is 0 Å². The van der Waals surface area contributed by atoms with Crippen molar-refractivity contribution in [3.63, 3.8) is 0 Å². The maximum atomic E-state index is 12.0. The molecule has 0 fully saturated rings. The quantitative estimate of drug-likeness (QED) is 0.690. The minimum atomic E-state index is -0.844. The van der Waals surface area contributed by atoms with Gasteiger partial charge >= 0.3 is 11.8 Å². The summed E-state index contributed by atoms with van der Waals surface area (Å²) >= 11 is 6.00. The third kappa shape index (κ3) is 3.69. The van der Waals surface area contributed by atoms with E-state index in [9.17, 15) is 9.59 Å². The van der Waals surface area contributed by atoms with E-state index in [1.165, 1.54) is 13.2 Å². The van der Waals surface area contributed by atoms with Gasteiger partial charge in [0.1, 0.15) is 5.75 Å². The van der Waals surface area contributed by atoms with Crippen LogP contribution >= 0.6 is 11.6 Å². The smallest absolute Gasteiger partial charge is 0.313 e. The fourth-order valence-corrected chi connectivity index (χ4v) is 2.32. The molecule has 0 aliphatic carbocycles. The highest BCUT2D eigenvalue weighted by atomic mass is 35.5. The number of aromatic nitrogens is 3. The average molecular weight is 360 g/mol. The SMILES string of the molecule is COc1ccc(Cl)c(NC(=O)C(=O)NCc2nnc3ccccn23)c1. The average Bonchev–Trinajstić information content (AvgIpc) is 3.04. The second-order valence-corrected chi connectivity index (χ2v) is 5.43. The predicted molar refractivity (Wildman–Crippen MR) is 91.5 cm³/mol. The highest BCUT2D eigenvalue weighted by Gasteiger charge is 2.16. The highest BCUT2D eigenvalue weighted by Crippen LogP contribution is 2.26. The molecule has 0 aliphatic rings. The van der Waals surface area contributed by atoms with Crippen molar-refractivity contribution in [3.8, 4) is 5.75 Å². The van der Waals surface area contributed by atoms with Crippen molar-refractivity contribution in [3.05, 3.63) is 53.4 Å². The normalized spacial score (nSPS) is 10.5. The lowest BCUT2D eigenvalue weighted by atomic mass is 10.3. The van der Waals surface area contributed by atoms with Crippen LogP contribution < -0.4 is 15.4 Å². The van der Waals surface area contributed by atoms with Crippen LogP contribution in [0.25, 0.3) is 5.65 Å². The predicted octanol–water partition coefficient (Wildman–Crippen LogP) is 1.65. The summed E-state index contributed by atoms with van der Waals surface area (Å²) in [4.78, 5) is 24.0. The number of amides is 2. The third-order valence-corrected chi connectivity index (χ3v) is 3.75. The van der Waals surface area contributed by atoms with Crippen molar-refractivity contribution in [2.75, 3.05) is 12.4 Å². The summed E-state index contributed by atoms with van der Waals surface area (Å²) in [6, 6.07) is 10.2. The number of rotatable bonds is 4. The van der Waals surface area contributed by atoms with E-state index < -0.39 is 11.8 Å². The second-order valence-electron chi connectivity index (χ2n) is 5.03. The summed E-state index contributed by atoms with van der Waals surface area (Å²) in [5.74, 6) is -0.637. The van der Waals surface area contributed by atoms with E-state index in [2.05, 4.69) is 20.8 Å². The first-order valence-corrected chi connectivity index (χ1v) is 7.67. The summed E-state index contributed by atoms with van der Waals surface area (Å²) in [6.07, 6.45) is 1.77. The van der Waals surface area contributed by atoms with Gasteiger partial charge in [0.25, 0.3) is 0 Å². The van der Waals surface area contributed by atoms with Crippen LogP contribution in [0.15, 0.2) is 42.6 Å². The number of carbonyl (C=O) groups excluding carboxylic acids is 2. The molecule has 0 aliphatic heterocycles. The lowest BCUT2D eigenvalue weighted by molar-refractivity contribution is -0.136. The zero-order valence-electron chi connectivity index (χ0n) is 13.2. The zero-order chi connectivity index (χ0) is 17.8. The van der Waals surface area contributed by atoms with Gasteiger partial charge in [0, 0.05) is 12.3 Å². The Labute approximate surface area is 147 Å². The van der Waals surface area contributed by atoms with Crippen LogP contribution in [0.5, 0.6) is 5.75 Å². The van der Waals surface area contributed by atoms with Crippen LogP contribution in [0.4, 0.5) is 5.69 Å². The van der Waals surface area contributed by atoms with E-state index in [0.29, 0.717) is 22.2 Å². The van der Waals surface area contributed by atoms with Gasteiger partial charge in [-0.1, -0.05) is 17.7 Å². The van der Waals surface area contributed by atoms with E-state index in [0.717, 1.165) is 0 Å². The van der Waals surface area contributed by atoms with E-state index in [-0.39, 0.29) is 12.2 Å². The van der Waals surface area contributed by atoms with Gasteiger partial charge in [-0.05, 0) is 24.3 Å². The van der Waals surface area contributed by atoms with E-state index >= 15 is 0 Å². The molecule has 128 valence electrons. The molecule has 0 bridgehead atoms. The Kier molecular flexibility index (Phi) is 4.80. The molecule has 25 heavy (non-hydrogen) atoms. The fourth-order valence-electron chi connectivity index (χ4n) is 2.16. The summed E-state index contributed by atoms with van der Waals surface area (Å²) in [7, 11) is 1.49. The highest BCUT2D eigenvalue weighted by molar-refractivity contribution is 6.41. The Morgan fingerprint density at radius 2 is 2.04 bits per heavy atom. The minimum absolute atomic E-state index is 0.0588. The first-order chi connectivity index (χ1) is 12.1.